The van der Waals surface area contributed by atoms with E-state index in [9.17, 15) is 0 Å². The second-order valence-corrected chi connectivity index (χ2v) is 3.99. The van der Waals surface area contributed by atoms with Crippen LogP contribution in [0.2, 0.25) is 0 Å². The van der Waals surface area contributed by atoms with Crippen LogP contribution in [0.15, 0.2) is 0 Å². The van der Waals surface area contributed by atoms with Crippen molar-refractivity contribution in [3.05, 3.63) is 0 Å². The van der Waals surface area contributed by atoms with E-state index < -0.39 is 0 Å². The minimum atomic E-state index is 0.358. The van der Waals surface area contributed by atoms with Gasteiger partial charge in [-0.25, -0.2) is 0 Å². The fourth-order valence-corrected chi connectivity index (χ4v) is 1.90. The number of rotatable bonds is 3. The van der Waals surface area contributed by atoms with Crippen molar-refractivity contribution in [3.63, 3.8) is 0 Å². The minimum absolute atomic E-state index is 0.358. The molecule has 3 heteroatoms. The maximum atomic E-state index is 5.68. The lowest BCUT2D eigenvalue weighted by Crippen LogP contribution is -2.54. The number of hydrogen-bond acceptors (Lipinski definition) is 3. The average Bonchev–Trinajstić information content (AvgIpc) is 2.16. The van der Waals surface area contributed by atoms with Gasteiger partial charge >= 0.3 is 0 Å². The molecule has 13 heavy (non-hydrogen) atoms. The number of nitrogens with two attached hydrogens (primary N) is 1. The van der Waals surface area contributed by atoms with Crippen LogP contribution in [0.4, 0.5) is 0 Å². The van der Waals surface area contributed by atoms with Crippen molar-refractivity contribution >= 4 is 0 Å². The molecule has 3 unspecified atom stereocenters. The normalized spacial score (nSPS) is 33.2. The topological polar surface area (TPSA) is 38.5 Å². The molecular formula is C10H22N2O. The molecule has 0 amide bonds. The van der Waals surface area contributed by atoms with Crippen molar-refractivity contribution in [1.29, 1.82) is 0 Å². The molecule has 1 heterocycles. The van der Waals surface area contributed by atoms with Gasteiger partial charge in [0.15, 0.2) is 0 Å². The maximum absolute atomic E-state index is 5.68. The molecule has 0 saturated carbocycles. The molecule has 0 bridgehead atoms. The van der Waals surface area contributed by atoms with Crippen molar-refractivity contribution < 1.29 is 4.74 Å². The highest BCUT2D eigenvalue weighted by Gasteiger charge is 2.28. The first-order valence-electron chi connectivity index (χ1n) is 5.26. The summed E-state index contributed by atoms with van der Waals surface area (Å²) in [5.74, 6) is 0. The van der Waals surface area contributed by atoms with Gasteiger partial charge in [-0.2, -0.15) is 0 Å². The Hall–Kier alpha value is -0.120. The lowest BCUT2D eigenvalue weighted by molar-refractivity contribution is -0.0684. The van der Waals surface area contributed by atoms with Crippen molar-refractivity contribution in [2.45, 2.75) is 45.4 Å². The highest BCUT2D eigenvalue weighted by atomic mass is 16.5. The van der Waals surface area contributed by atoms with Gasteiger partial charge in [0.2, 0.25) is 0 Å². The Morgan fingerprint density at radius 3 is 2.85 bits per heavy atom. The molecule has 0 aliphatic carbocycles. The molecule has 0 radical (unpaired) electrons. The first-order chi connectivity index (χ1) is 6.19. The van der Waals surface area contributed by atoms with Gasteiger partial charge in [0.05, 0.1) is 12.7 Å². The maximum Gasteiger partial charge on any atom is 0.0674 e. The van der Waals surface area contributed by atoms with E-state index in [1.807, 2.05) is 0 Å². The quantitative estimate of drug-likeness (QED) is 0.709. The van der Waals surface area contributed by atoms with E-state index in [0.29, 0.717) is 18.2 Å². The van der Waals surface area contributed by atoms with E-state index in [-0.39, 0.29) is 0 Å². The molecule has 2 N–H and O–H groups in total. The summed E-state index contributed by atoms with van der Waals surface area (Å²) in [5.41, 5.74) is 5.68. The van der Waals surface area contributed by atoms with Gasteiger partial charge < -0.3 is 10.5 Å². The standard InChI is InChI=1S/C10H22N2O/c1-4-10-7-13-9(3)6-12(10)8(2)5-11/h8-10H,4-7,11H2,1-3H3. The van der Waals surface area contributed by atoms with Crippen molar-refractivity contribution in [1.82, 2.24) is 4.90 Å². The SMILES string of the molecule is CCC1COC(C)CN1C(C)CN. The van der Waals surface area contributed by atoms with Gasteiger partial charge in [-0.05, 0) is 20.3 Å². The van der Waals surface area contributed by atoms with E-state index in [1.54, 1.807) is 0 Å². The van der Waals surface area contributed by atoms with Gasteiger partial charge in [-0.3, -0.25) is 4.90 Å². The molecule has 3 nitrogen and oxygen atoms in total. The average molecular weight is 186 g/mol. The highest BCUT2D eigenvalue weighted by molar-refractivity contribution is 4.81. The summed E-state index contributed by atoms with van der Waals surface area (Å²) in [7, 11) is 0. The summed E-state index contributed by atoms with van der Waals surface area (Å²) in [5, 5.41) is 0. The van der Waals surface area contributed by atoms with Gasteiger partial charge in [0.1, 0.15) is 0 Å². The van der Waals surface area contributed by atoms with Crippen molar-refractivity contribution in [2.75, 3.05) is 19.7 Å². The minimum Gasteiger partial charge on any atom is -0.376 e. The second kappa shape index (κ2) is 4.94. The monoisotopic (exact) mass is 186 g/mol. The Kier molecular flexibility index (Phi) is 4.16. The Morgan fingerprint density at radius 2 is 2.31 bits per heavy atom. The molecule has 0 aromatic carbocycles. The van der Waals surface area contributed by atoms with Gasteiger partial charge in [0.25, 0.3) is 0 Å². The molecule has 0 aromatic rings. The number of ether oxygens (including phenoxy) is 1. The molecule has 0 spiro atoms. The Balaban J connectivity index is 2.54. The molecule has 0 aromatic heterocycles. The van der Waals surface area contributed by atoms with Gasteiger partial charge in [-0.15, -0.1) is 0 Å². The smallest absolute Gasteiger partial charge is 0.0674 e. The first kappa shape index (κ1) is 11.0. The third-order valence-corrected chi connectivity index (χ3v) is 2.89. The molecule has 3 atom stereocenters. The lowest BCUT2D eigenvalue weighted by atomic mass is 10.1. The molecule has 1 saturated heterocycles. The molecule has 1 aliphatic heterocycles. The second-order valence-electron chi connectivity index (χ2n) is 3.99. The van der Waals surface area contributed by atoms with Gasteiger partial charge in [-0.1, -0.05) is 6.92 Å². The largest absolute Gasteiger partial charge is 0.376 e. The van der Waals surface area contributed by atoms with E-state index in [1.165, 1.54) is 0 Å². The van der Waals surface area contributed by atoms with Gasteiger partial charge in [0, 0.05) is 25.2 Å². The number of hydrogen-bond donors (Lipinski definition) is 1. The zero-order valence-corrected chi connectivity index (χ0v) is 8.99. The van der Waals surface area contributed by atoms with Crippen LogP contribution >= 0.6 is 0 Å². The molecule has 1 aliphatic rings. The zero-order valence-electron chi connectivity index (χ0n) is 8.99. The third-order valence-electron chi connectivity index (χ3n) is 2.89. The zero-order chi connectivity index (χ0) is 9.84. The van der Waals surface area contributed by atoms with Crippen LogP contribution in [0, 0.1) is 0 Å². The summed E-state index contributed by atoms with van der Waals surface area (Å²) >= 11 is 0. The van der Waals surface area contributed by atoms with Crippen LogP contribution in [-0.2, 0) is 4.74 Å². The number of nitrogens with zero attached hydrogens (tertiary/aromatic N) is 1. The molecular weight excluding hydrogens is 164 g/mol. The predicted molar refractivity (Wildman–Crippen MR) is 54.7 cm³/mol. The summed E-state index contributed by atoms with van der Waals surface area (Å²) < 4.78 is 5.62. The van der Waals surface area contributed by atoms with Crippen LogP contribution in [0.1, 0.15) is 27.2 Å². The first-order valence-corrected chi connectivity index (χ1v) is 5.26. The fourth-order valence-electron chi connectivity index (χ4n) is 1.90. The summed E-state index contributed by atoms with van der Waals surface area (Å²) in [6.45, 7) is 9.16. The van der Waals surface area contributed by atoms with E-state index in [2.05, 4.69) is 25.7 Å². The molecule has 1 rings (SSSR count). The highest BCUT2D eigenvalue weighted by Crippen LogP contribution is 2.16. The molecule has 78 valence electrons. The van der Waals surface area contributed by atoms with Crippen molar-refractivity contribution in [3.8, 4) is 0 Å². The summed E-state index contributed by atoms with van der Waals surface area (Å²) in [6.07, 6.45) is 1.51. The van der Waals surface area contributed by atoms with Crippen LogP contribution in [0.3, 0.4) is 0 Å². The van der Waals surface area contributed by atoms with Crippen molar-refractivity contribution in [2.24, 2.45) is 5.73 Å². The Labute approximate surface area is 81.2 Å². The van der Waals surface area contributed by atoms with E-state index in [0.717, 1.165) is 26.1 Å². The van der Waals surface area contributed by atoms with Crippen LogP contribution in [-0.4, -0.2) is 42.8 Å². The Morgan fingerprint density at radius 1 is 1.62 bits per heavy atom. The fraction of sp³-hybridized carbons (Fsp3) is 1.00. The predicted octanol–water partition coefficient (Wildman–Crippen LogP) is 0.833. The summed E-state index contributed by atoms with van der Waals surface area (Å²) in [6, 6.07) is 1.05. The van der Waals surface area contributed by atoms with E-state index in [4.69, 9.17) is 10.5 Å². The molecule has 1 fully saturated rings. The number of morpholine rings is 1. The van der Waals surface area contributed by atoms with Crippen LogP contribution in [0.5, 0.6) is 0 Å². The lowest BCUT2D eigenvalue weighted by Gasteiger charge is -2.41. The Bertz CT molecular complexity index is 152. The van der Waals surface area contributed by atoms with Crippen LogP contribution < -0.4 is 5.73 Å². The third kappa shape index (κ3) is 2.66. The van der Waals surface area contributed by atoms with E-state index >= 15 is 0 Å². The van der Waals surface area contributed by atoms with Crippen LogP contribution in [0.25, 0.3) is 0 Å². The summed E-state index contributed by atoms with van der Waals surface area (Å²) in [4.78, 5) is 2.48.